The summed E-state index contributed by atoms with van der Waals surface area (Å²) in [5, 5.41) is 14.8. The number of pyridine rings is 1. The van der Waals surface area contributed by atoms with E-state index in [1.54, 1.807) is 29.2 Å². The van der Waals surface area contributed by atoms with Gasteiger partial charge < -0.3 is 4.74 Å². The first-order valence-corrected chi connectivity index (χ1v) is 7.47. The number of nitrogens with zero attached hydrogens (tertiary/aromatic N) is 5. The number of rotatable bonds is 4. The second-order valence-corrected chi connectivity index (χ2v) is 5.34. The van der Waals surface area contributed by atoms with Gasteiger partial charge in [-0.2, -0.15) is 10.1 Å². The molecule has 0 saturated carbocycles. The molecule has 0 aliphatic carbocycles. The Morgan fingerprint density at radius 2 is 2.08 bits per heavy atom. The molecule has 0 fully saturated rings. The third-order valence-electron chi connectivity index (χ3n) is 3.70. The summed E-state index contributed by atoms with van der Waals surface area (Å²) in [7, 11) is 0. The highest BCUT2D eigenvalue weighted by atomic mass is 19.1. The number of halogens is 1. The standard InChI is InChI=1S/C17H10FN5O3/c18-14-7-13(23(24)25)3-4-16(14)26-17-15-6-12(9-22(15)21-10-20-17)11-2-1-5-19-8-11/h1-10H. The minimum absolute atomic E-state index is 0.128. The molecule has 3 heterocycles. The maximum Gasteiger partial charge on any atom is 0.272 e. The van der Waals surface area contributed by atoms with Crippen LogP contribution in [0.25, 0.3) is 16.6 Å². The summed E-state index contributed by atoms with van der Waals surface area (Å²) in [4.78, 5) is 18.1. The zero-order valence-electron chi connectivity index (χ0n) is 13.1. The van der Waals surface area contributed by atoms with Crippen LogP contribution >= 0.6 is 0 Å². The lowest BCUT2D eigenvalue weighted by Crippen LogP contribution is -1.97. The number of ether oxygens (including phenoxy) is 1. The van der Waals surface area contributed by atoms with E-state index in [1.165, 1.54) is 12.4 Å². The highest BCUT2D eigenvalue weighted by molar-refractivity contribution is 5.72. The van der Waals surface area contributed by atoms with E-state index < -0.39 is 10.7 Å². The van der Waals surface area contributed by atoms with E-state index in [2.05, 4.69) is 15.1 Å². The average Bonchev–Trinajstić information content (AvgIpc) is 3.09. The van der Waals surface area contributed by atoms with Crippen LogP contribution in [0.3, 0.4) is 0 Å². The molecule has 0 amide bonds. The fraction of sp³-hybridized carbons (Fsp3) is 0. The molecule has 0 radical (unpaired) electrons. The van der Waals surface area contributed by atoms with Gasteiger partial charge in [0.25, 0.3) is 5.69 Å². The molecule has 0 aliphatic rings. The molecular weight excluding hydrogens is 341 g/mol. The third-order valence-corrected chi connectivity index (χ3v) is 3.70. The van der Waals surface area contributed by atoms with Gasteiger partial charge >= 0.3 is 0 Å². The van der Waals surface area contributed by atoms with Crippen molar-refractivity contribution in [3.63, 3.8) is 0 Å². The van der Waals surface area contributed by atoms with E-state index in [9.17, 15) is 14.5 Å². The van der Waals surface area contributed by atoms with Gasteiger partial charge in [0.2, 0.25) is 5.88 Å². The molecule has 1 aromatic carbocycles. The Balaban J connectivity index is 1.73. The van der Waals surface area contributed by atoms with Gasteiger partial charge in [-0.05, 0) is 18.2 Å². The summed E-state index contributed by atoms with van der Waals surface area (Å²) in [6.07, 6.45) is 6.43. The molecule has 0 aliphatic heterocycles. The number of hydrogen-bond donors (Lipinski definition) is 0. The summed E-state index contributed by atoms with van der Waals surface area (Å²) in [5.74, 6) is -0.891. The molecule has 8 nitrogen and oxygen atoms in total. The quantitative estimate of drug-likeness (QED) is 0.411. The number of fused-ring (bicyclic) bond motifs is 1. The van der Waals surface area contributed by atoms with Crippen molar-refractivity contribution in [2.45, 2.75) is 0 Å². The monoisotopic (exact) mass is 351 g/mol. The minimum atomic E-state index is -0.852. The van der Waals surface area contributed by atoms with Gasteiger partial charge in [-0.1, -0.05) is 6.07 Å². The van der Waals surface area contributed by atoms with Crippen molar-refractivity contribution in [2.75, 3.05) is 0 Å². The van der Waals surface area contributed by atoms with Gasteiger partial charge in [0.05, 0.1) is 11.0 Å². The van der Waals surface area contributed by atoms with Crippen LogP contribution in [0.15, 0.2) is 61.3 Å². The molecule has 9 heteroatoms. The summed E-state index contributed by atoms with van der Waals surface area (Å²) in [5.41, 5.74) is 1.88. The maximum atomic E-state index is 14.1. The van der Waals surface area contributed by atoms with Crippen molar-refractivity contribution >= 4 is 11.2 Å². The van der Waals surface area contributed by atoms with E-state index >= 15 is 0 Å². The Bertz CT molecular complexity index is 1110. The van der Waals surface area contributed by atoms with Crippen molar-refractivity contribution in [3.8, 4) is 22.8 Å². The molecule has 4 aromatic rings. The van der Waals surface area contributed by atoms with E-state index in [-0.39, 0.29) is 17.3 Å². The van der Waals surface area contributed by atoms with Crippen LogP contribution in [-0.2, 0) is 0 Å². The molecule has 4 rings (SSSR count). The van der Waals surface area contributed by atoms with E-state index in [0.29, 0.717) is 5.52 Å². The first-order chi connectivity index (χ1) is 12.6. The number of nitro benzene ring substituents is 1. The van der Waals surface area contributed by atoms with Gasteiger partial charge in [-0.15, -0.1) is 0 Å². The second-order valence-electron chi connectivity index (χ2n) is 5.34. The lowest BCUT2D eigenvalue weighted by molar-refractivity contribution is -0.385. The molecule has 0 bridgehead atoms. The van der Waals surface area contributed by atoms with E-state index in [4.69, 9.17) is 4.74 Å². The lowest BCUT2D eigenvalue weighted by Gasteiger charge is -2.06. The fourth-order valence-electron chi connectivity index (χ4n) is 2.47. The van der Waals surface area contributed by atoms with Crippen molar-refractivity contribution in [1.29, 1.82) is 0 Å². The van der Waals surface area contributed by atoms with Crippen LogP contribution in [0, 0.1) is 15.9 Å². The van der Waals surface area contributed by atoms with Crippen LogP contribution < -0.4 is 4.74 Å². The smallest absolute Gasteiger partial charge is 0.272 e. The number of nitro groups is 1. The molecule has 26 heavy (non-hydrogen) atoms. The van der Waals surface area contributed by atoms with Gasteiger partial charge in [-0.3, -0.25) is 15.1 Å². The first-order valence-electron chi connectivity index (χ1n) is 7.47. The summed E-state index contributed by atoms with van der Waals surface area (Å²) in [6, 6.07) is 8.65. The van der Waals surface area contributed by atoms with Gasteiger partial charge in [0.15, 0.2) is 11.6 Å². The Labute approximate surface area is 145 Å². The largest absolute Gasteiger partial charge is 0.434 e. The van der Waals surface area contributed by atoms with Crippen molar-refractivity contribution < 1.29 is 14.1 Å². The third kappa shape index (κ3) is 2.81. The van der Waals surface area contributed by atoms with Crippen LogP contribution in [0.2, 0.25) is 0 Å². The summed E-state index contributed by atoms with van der Waals surface area (Å²) in [6.45, 7) is 0. The van der Waals surface area contributed by atoms with Gasteiger partial charge in [-0.25, -0.2) is 8.91 Å². The second kappa shape index (κ2) is 6.20. The van der Waals surface area contributed by atoms with E-state index in [1.807, 2.05) is 12.1 Å². The van der Waals surface area contributed by atoms with Crippen LogP contribution in [0.5, 0.6) is 11.6 Å². The summed E-state index contributed by atoms with van der Waals surface area (Å²) < 4.78 is 21.1. The van der Waals surface area contributed by atoms with Crippen molar-refractivity contribution in [1.82, 2.24) is 19.6 Å². The Morgan fingerprint density at radius 3 is 2.81 bits per heavy atom. The Hall–Kier alpha value is -3.88. The molecule has 0 atom stereocenters. The van der Waals surface area contributed by atoms with Crippen LogP contribution in [0.4, 0.5) is 10.1 Å². The fourth-order valence-corrected chi connectivity index (χ4v) is 2.47. The molecule has 0 N–H and O–H groups in total. The topological polar surface area (TPSA) is 95.5 Å². The van der Waals surface area contributed by atoms with Crippen molar-refractivity contribution in [2.24, 2.45) is 0 Å². The molecule has 0 unspecified atom stereocenters. The molecule has 128 valence electrons. The predicted octanol–water partition coefficient (Wildman–Crippen LogP) is 3.63. The number of benzene rings is 1. The average molecular weight is 351 g/mol. The van der Waals surface area contributed by atoms with Crippen LogP contribution in [-0.4, -0.2) is 24.5 Å². The van der Waals surface area contributed by atoms with Crippen molar-refractivity contribution in [3.05, 3.63) is 77.2 Å². The molecule has 3 aromatic heterocycles. The van der Waals surface area contributed by atoms with Gasteiger partial charge in [0.1, 0.15) is 11.8 Å². The zero-order chi connectivity index (χ0) is 18.1. The molecular formula is C17H10FN5O3. The lowest BCUT2D eigenvalue weighted by atomic mass is 10.1. The number of aromatic nitrogens is 4. The number of non-ortho nitro benzene ring substituents is 1. The first kappa shape index (κ1) is 15.6. The Morgan fingerprint density at radius 1 is 1.19 bits per heavy atom. The molecule has 0 spiro atoms. The predicted molar refractivity (Wildman–Crippen MR) is 89.3 cm³/mol. The molecule has 0 saturated heterocycles. The minimum Gasteiger partial charge on any atom is -0.434 e. The number of hydrogen-bond acceptors (Lipinski definition) is 6. The van der Waals surface area contributed by atoms with E-state index in [0.717, 1.165) is 23.3 Å². The highest BCUT2D eigenvalue weighted by Gasteiger charge is 2.15. The highest BCUT2D eigenvalue weighted by Crippen LogP contribution is 2.30. The SMILES string of the molecule is O=[N+]([O-])c1ccc(Oc2ncnn3cc(-c4cccnc4)cc23)c(F)c1. The van der Waals surface area contributed by atoms with Crippen LogP contribution in [0.1, 0.15) is 0 Å². The zero-order valence-corrected chi connectivity index (χ0v) is 13.1. The summed E-state index contributed by atoms with van der Waals surface area (Å²) >= 11 is 0. The van der Waals surface area contributed by atoms with Gasteiger partial charge in [0, 0.05) is 35.8 Å². The normalized spacial score (nSPS) is 10.8. The maximum absolute atomic E-state index is 14.1. The Kier molecular flexibility index (Phi) is 3.73.